The number of nitrogens with zero attached hydrogens (tertiary/aromatic N) is 2. The van der Waals surface area contributed by atoms with Gasteiger partial charge in [0, 0.05) is 25.6 Å². The molecule has 0 unspecified atom stereocenters. The first-order valence-electron chi connectivity index (χ1n) is 6.59. The smallest absolute Gasteiger partial charge is 0.273 e. The van der Waals surface area contributed by atoms with Gasteiger partial charge in [0.1, 0.15) is 11.8 Å². The lowest BCUT2D eigenvalue weighted by atomic mass is 9.85. The zero-order valence-electron chi connectivity index (χ0n) is 11.0. The van der Waals surface area contributed by atoms with Crippen LogP contribution in [-0.4, -0.2) is 54.3 Å². The number of carbonyl (C=O) groups is 1. The zero-order chi connectivity index (χ0) is 13.3. The summed E-state index contributed by atoms with van der Waals surface area (Å²) < 4.78 is 11.5. The molecule has 2 atom stereocenters. The van der Waals surface area contributed by atoms with Crippen LogP contribution in [0.2, 0.25) is 0 Å². The summed E-state index contributed by atoms with van der Waals surface area (Å²) in [6.07, 6.45) is 2.93. The van der Waals surface area contributed by atoms with E-state index in [1.807, 2.05) is 4.90 Å². The minimum Gasteiger partial charge on any atom is -0.377 e. The first-order valence-corrected chi connectivity index (χ1v) is 7.54. The van der Waals surface area contributed by atoms with Gasteiger partial charge in [-0.3, -0.25) is 4.79 Å². The van der Waals surface area contributed by atoms with Crippen molar-refractivity contribution in [2.45, 2.75) is 31.0 Å². The van der Waals surface area contributed by atoms with Gasteiger partial charge in [0.05, 0.1) is 17.7 Å². The molecule has 1 aromatic rings. The molecule has 1 amide bonds. The fraction of sp³-hybridized carbons (Fsp3) is 0.692. The highest BCUT2D eigenvalue weighted by Gasteiger charge is 2.47. The van der Waals surface area contributed by atoms with E-state index in [9.17, 15) is 4.79 Å². The van der Waals surface area contributed by atoms with Gasteiger partial charge >= 0.3 is 0 Å². The van der Waals surface area contributed by atoms with Crippen molar-refractivity contribution in [1.29, 1.82) is 0 Å². The number of rotatable bonds is 2. The van der Waals surface area contributed by atoms with Crippen molar-refractivity contribution >= 4 is 17.2 Å². The Kier molecular flexibility index (Phi) is 3.56. The Hall–Kier alpha value is -0.980. The topological polar surface area (TPSA) is 51.7 Å². The second kappa shape index (κ2) is 5.19. The Bertz CT molecular complexity index is 443. The maximum Gasteiger partial charge on any atom is 0.273 e. The highest BCUT2D eigenvalue weighted by Crippen LogP contribution is 2.37. The number of amides is 1. The number of likely N-dealkylation sites (tertiary alicyclic amines) is 1. The summed E-state index contributed by atoms with van der Waals surface area (Å²) in [6, 6.07) is 0. The summed E-state index contributed by atoms with van der Waals surface area (Å²) >= 11 is 1.44. The number of ether oxygens (including phenoxy) is 2. The SMILES string of the molecule is CO[C@H]1CN(C(=O)c2cscn2)CC[C@@]12CCCO2. The molecule has 19 heavy (non-hydrogen) atoms. The summed E-state index contributed by atoms with van der Waals surface area (Å²) in [6.45, 7) is 2.11. The van der Waals surface area contributed by atoms with Crippen molar-refractivity contribution < 1.29 is 14.3 Å². The maximum atomic E-state index is 12.3. The molecule has 0 saturated carbocycles. The van der Waals surface area contributed by atoms with Crippen molar-refractivity contribution in [2.75, 3.05) is 26.8 Å². The molecule has 1 aromatic heterocycles. The fourth-order valence-corrected chi connectivity index (χ4v) is 3.59. The van der Waals surface area contributed by atoms with E-state index in [0.717, 1.165) is 32.4 Å². The molecular formula is C13H18N2O3S. The molecule has 0 aliphatic carbocycles. The third-order valence-corrected chi connectivity index (χ3v) is 4.72. The maximum absolute atomic E-state index is 12.3. The van der Waals surface area contributed by atoms with Crippen LogP contribution >= 0.6 is 11.3 Å². The molecule has 0 N–H and O–H groups in total. The zero-order valence-corrected chi connectivity index (χ0v) is 11.8. The predicted octanol–water partition coefficient (Wildman–Crippen LogP) is 1.55. The monoisotopic (exact) mass is 282 g/mol. The summed E-state index contributed by atoms with van der Waals surface area (Å²) in [7, 11) is 1.70. The Balaban J connectivity index is 1.73. The van der Waals surface area contributed by atoms with Gasteiger partial charge in [-0.2, -0.15) is 0 Å². The molecule has 2 fully saturated rings. The fourth-order valence-electron chi connectivity index (χ4n) is 3.07. The molecule has 2 aliphatic heterocycles. The molecule has 2 aliphatic rings. The highest BCUT2D eigenvalue weighted by atomic mass is 32.1. The first kappa shape index (κ1) is 13.0. The van der Waals surface area contributed by atoms with Gasteiger partial charge in [0.15, 0.2) is 0 Å². The number of methoxy groups -OCH3 is 1. The van der Waals surface area contributed by atoms with Crippen molar-refractivity contribution in [3.05, 3.63) is 16.6 Å². The van der Waals surface area contributed by atoms with Gasteiger partial charge in [0.2, 0.25) is 0 Å². The van der Waals surface area contributed by atoms with E-state index in [0.29, 0.717) is 12.2 Å². The van der Waals surface area contributed by atoms with E-state index in [1.165, 1.54) is 11.3 Å². The Labute approximate surface area is 116 Å². The Morgan fingerprint density at radius 2 is 2.53 bits per heavy atom. The molecule has 6 heteroatoms. The number of thiazole rings is 1. The lowest BCUT2D eigenvalue weighted by Gasteiger charge is -2.44. The summed E-state index contributed by atoms with van der Waals surface area (Å²) in [5.74, 6) is -0.00357. The average Bonchev–Trinajstić information content (AvgIpc) is 3.10. The van der Waals surface area contributed by atoms with E-state index in [1.54, 1.807) is 18.0 Å². The molecule has 0 aromatic carbocycles. The third kappa shape index (κ3) is 2.28. The largest absolute Gasteiger partial charge is 0.377 e. The quantitative estimate of drug-likeness (QED) is 0.826. The van der Waals surface area contributed by atoms with E-state index in [-0.39, 0.29) is 17.6 Å². The number of hydrogen-bond donors (Lipinski definition) is 0. The lowest BCUT2D eigenvalue weighted by Crippen LogP contribution is -2.57. The van der Waals surface area contributed by atoms with Gasteiger partial charge in [-0.05, 0) is 19.3 Å². The molecule has 3 heterocycles. The van der Waals surface area contributed by atoms with E-state index < -0.39 is 0 Å². The Morgan fingerprint density at radius 3 is 3.16 bits per heavy atom. The van der Waals surface area contributed by atoms with Crippen LogP contribution < -0.4 is 0 Å². The van der Waals surface area contributed by atoms with Gasteiger partial charge in [-0.1, -0.05) is 0 Å². The summed E-state index contributed by atoms with van der Waals surface area (Å²) in [5, 5.41) is 1.79. The van der Waals surface area contributed by atoms with Crippen LogP contribution in [0.1, 0.15) is 29.8 Å². The van der Waals surface area contributed by atoms with Gasteiger partial charge < -0.3 is 14.4 Å². The predicted molar refractivity (Wildman–Crippen MR) is 71.3 cm³/mol. The lowest BCUT2D eigenvalue weighted by molar-refractivity contribution is -0.136. The molecule has 0 bridgehead atoms. The molecule has 1 spiro atoms. The van der Waals surface area contributed by atoms with Crippen LogP contribution in [0.5, 0.6) is 0 Å². The highest BCUT2D eigenvalue weighted by molar-refractivity contribution is 7.07. The van der Waals surface area contributed by atoms with Gasteiger partial charge in [0.25, 0.3) is 5.91 Å². The molecule has 3 rings (SSSR count). The second-order valence-corrected chi connectivity index (χ2v) is 5.83. The van der Waals surface area contributed by atoms with Crippen LogP contribution in [0.15, 0.2) is 10.9 Å². The third-order valence-electron chi connectivity index (χ3n) is 4.13. The van der Waals surface area contributed by atoms with Crippen LogP contribution in [0, 0.1) is 0 Å². The molecule has 0 radical (unpaired) electrons. The minimum atomic E-state index is -0.173. The van der Waals surface area contributed by atoms with E-state index >= 15 is 0 Å². The molecule has 104 valence electrons. The van der Waals surface area contributed by atoms with Gasteiger partial charge in [-0.15, -0.1) is 11.3 Å². The molecular weight excluding hydrogens is 264 g/mol. The van der Waals surface area contributed by atoms with Crippen molar-refractivity contribution in [1.82, 2.24) is 9.88 Å². The number of piperidine rings is 1. The van der Waals surface area contributed by atoms with Crippen molar-refractivity contribution in [3.8, 4) is 0 Å². The molecule has 5 nitrogen and oxygen atoms in total. The second-order valence-electron chi connectivity index (χ2n) is 5.12. The standard InChI is InChI=1S/C13H18N2O3S/c1-17-11-7-15(12(16)10-8-19-9-14-10)5-4-13(11)3-2-6-18-13/h8-9,11H,2-7H2,1H3/t11-,13-/m0/s1. The Morgan fingerprint density at radius 1 is 1.63 bits per heavy atom. The first-order chi connectivity index (χ1) is 9.25. The van der Waals surface area contributed by atoms with Crippen LogP contribution in [0.3, 0.4) is 0 Å². The van der Waals surface area contributed by atoms with Crippen LogP contribution in [0.4, 0.5) is 0 Å². The van der Waals surface area contributed by atoms with E-state index in [4.69, 9.17) is 9.47 Å². The number of aromatic nitrogens is 1. The summed E-state index contributed by atoms with van der Waals surface area (Å²) in [4.78, 5) is 18.2. The van der Waals surface area contributed by atoms with Crippen molar-refractivity contribution in [2.24, 2.45) is 0 Å². The van der Waals surface area contributed by atoms with Crippen LogP contribution in [-0.2, 0) is 9.47 Å². The average molecular weight is 282 g/mol. The van der Waals surface area contributed by atoms with Gasteiger partial charge in [-0.25, -0.2) is 4.98 Å². The van der Waals surface area contributed by atoms with E-state index in [2.05, 4.69) is 4.98 Å². The molecule has 2 saturated heterocycles. The summed E-state index contributed by atoms with van der Waals surface area (Å²) in [5.41, 5.74) is 2.04. The minimum absolute atomic E-state index is 0.00357. The van der Waals surface area contributed by atoms with Crippen LogP contribution in [0.25, 0.3) is 0 Å². The number of carbonyl (C=O) groups excluding carboxylic acids is 1. The van der Waals surface area contributed by atoms with Crippen molar-refractivity contribution in [3.63, 3.8) is 0 Å². The number of hydrogen-bond acceptors (Lipinski definition) is 5. The normalized spacial score (nSPS) is 31.0.